The van der Waals surface area contributed by atoms with E-state index < -0.39 is 18.2 Å². The third-order valence-corrected chi connectivity index (χ3v) is 5.88. The standard InChI is InChI=1S/C28H28N2O7/c1-3-29-27(33)20-10-12-22(36-24-13-18(14-26(31)32)9-11-23(24)35-2)21(15-20)16-30-17-25(37-28(30)34)19-7-5-4-6-8-19/h4-13,15,25H,3,14,16-17H2,1-2H3,(H,29,33)(H,31,32)/t25-/m1/s1. The SMILES string of the molecule is CCNC(=O)c1ccc(Oc2cc(CC(=O)O)ccc2OC)c(CN2C[C@H](c3ccccc3)OC2=O)c1. The fourth-order valence-electron chi connectivity index (χ4n) is 4.09. The number of cyclic esters (lactones) is 1. The molecule has 9 heteroatoms. The molecular formula is C28H28N2O7. The van der Waals surface area contributed by atoms with Crippen LogP contribution in [0.3, 0.4) is 0 Å². The van der Waals surface area contributed by atoms with E-state index in [1.54, 1.807) is 41.3 Å². The molecule has 0 radical (unpaired) electrons. The van der Waals surface area contributed by atoms with Crippen LogP contribution in [0.5, 0.6) is 17.2 Å². The van der Waals surface area contributed by atoms with E-state index in [1.165, 1.54) is 7.11 Å². The number of nitrogens with zero attached hydrogens (tertiary/aromatic N) is 1. The van der Waals surface area contributed by atoms with Crippen LogP contribution in [0.1, 0.15) is 40.1 Å². The summed E-state index contributed by atoms with van der Waals surface area (Å²) in [6.45, 7) is 2.78. The van der Waals surface area contributed by atoms with Crippen LogP contribution in [-0.2, 0) is 22.5 Å². The third kappa shape index (κ3) is 6.19. The molecule has 4 rings (SSSR count). The van der Waals surface area contributed by atoms with Crippen LogP contribution < -0.4 is 14.8 Å². The summed E-state index contributed by atoms with van der Waals surface area (Å²) >= 11 is 0. The molecule has 9 nitrogen and oxygen atoms in total. The average Bonchev–Trinajstić information content (AvgIpc) is 3.25. The van der Waals surface area contributed by atoms with E-state index in [0.717, 1.165) is 5.56 Å². The summed E-state index contributed by atoms with van der Waals surface area (Å²) in [5.74, 6) is -0.0853. The maximum absolute atomic E-state index is 12.7. The summed E-state index contributed by atoms with van der Waals surface area (Å²) in [5, 5.41) is 11.9. The molecule has 1 atom stereocenters. The van der Waals surface area contributed by atoms with E-state index in [-0.39, 0.29) is 18.9 Å². The highest BCUT2D eigenvalue weighted by molar-refractivity contribution is 5.94. The van der Waals surface area contributed by atoms with Gasteiger partial charge < -0.3 is 24.6 Å². The Bertz CT molecular complexity index is 1290. The molecule has 37 heavy (non-hydrogen) atoms. The maximum Gasteiger partial charge on any atom is 0.410 e. The number of carboxylic acid groups (broad SMARTS) is 1. The molecule has 192 valence electrons. The maximum atomic E-state index is 12.7. The summed E-state index contributed by atoms with van der Waals surface area (Å²) in [6.07, 6.45) is -1.05. The number of rotatable bonds is 10. The Morgan fingerprint density at radius 3 is 2.51 bits per heavy atom. The zero-order valence-electron chi connectivity index (χ0n) is 20.6. The Kier molecular flexibility index (Phi) is 7.92. The van der Waals surface area contributed by atoms with Crippen molar-refractivity contribution in [2.24, 2.45) is 0 Å². The Hall–Kier alpha value is -4.53. The Balaban J connectivity index is 1.65. The van der Waals surface area contributed by atoms with Crippen molar-refractivity contribution in [2.75, 3.05) is 20.2 Å². The molecule has 0 spiro atoms. The molecule has 0 unspecified atom stereocenters. The van der Waals surface area contributed by atoms with E-state index in [4.69, 9.17) is 14.2 Å². The highest BCUT2D eigenvalue weighted by Crippen LogP contribution is 2.36. The molecule has 3 aromatic rings. The number of carbonyl (C=O) groups excluding carboxylic acids is 2. The number of methoxy groups -OCH3 is 1. The summed E-state index contributed by atoms with van der Waals surface area (Å²) in [5.41, 5.74) is 2.44. The second-order valence-electron chi connectivity index (χ2n) is 8.50. The predicted octanol–water partition coefficient (Wildman–Crippen LogP) is 4.56. The number of ether oxygens (including phenoxy) is 3. The lowest BCUT2D eigenvalue weighted by atomic mass is 10.1. The molecule has 2 N–H and O–H groups in total. The van der Waals surface area contributed by atoms with Gasteiger partial charge in [0.05, 0.1) is 26.6 Å². The summed E-state index contributed by atoms with van der Waals surface area (Å²) < 4.78 is 17.2. The van der Waals surface area contributed by atoms with E-state index >= 15 is 0 Å². The van der Waals surface area contributed by atoms with Gasteiger partial charge in [-0.2, -0.15) is 0 Å². The van der Waals surface area contributed by atoms with Crippen molar-refractivity contribution in [3.05, 3.63) is 89.0 Å². The van der Waals surface area contributed by atoms with Crippen LogP contribution in [0.25, 0.3) is 0 Å². The first-order valence-corrected chi connectivity index (χ1v) is 11.9. The van der Waals surface area contributed by atoms with E-state index in [1.807, 2.05) is 37.3 Å². The molecule has 1 aliphatic heterocycles. The van der Waals surface area contributed by atoms with E-state index in [0.29, 0.717) is 47.0 Å². The first-order chi connectivity index (χ1) is 17.9. The van der Waals surface area contributed by atoms with Crippen LogP contribution in [0.4, 0.5) is 4.79 Å². The number of hydrogen-bond acceptors (Lipinski definition) is 6. The Morgan fingerprint density at radius 2 is 1.81 bits per heavy atom. The third-order valence-electron chi connectivity index (χ3n) is 5.88. The summed E-state index contributed by atoms with van der Waals surface area (Å²) in [7, 11) is 1.49. The number of carboxylic acids is 1. The van der Waals surface area contributed by atoms with Gasteiger partial charge in [-0.3, -0.25) is 14.5 Å². The van der Waals surface area contributed by atoms with Crippen LogP contribution in [-0.4, -0.2) is 48.2 Å². The van der Waals surface area contributed by atoms with Crippen molar-refractivity contribution in [2.45, 2.75) is 26.0 Å². The molecular weight excluding hydrogens is 476 g/mol. The predicted molar refractivity (Wildman–Crippen MR) is 135 cm³/mol. The van der Waals surface area contributed by atoms with Gasteiger partial charge in [0.15, 0.2) is 11.5 Å². The number of benzene rings is 3. The minimum Gasteiger partial charge on any atom is -0.493 e. The minimum absolute atomic E-state index is 0.141. The van der Waals surface area contributed by atoms with Crippen molar-refractivity contribution >= 4 is 18.0 Å². The second-order valence-corrected chi connectivity index (χ2v) is 8.50. The van der Waals surface area contributed by atoms with Gasteiger partial charge in [-0.05, 0) is 48.4 Å². The zero-order valence-corrected chi connectivity index (χ0v) is 20.6. The van der Waals surface area contributed by atoms with Gasteiger partial charge >= 0.3 is 12.1 Å². The first kappa shape index (κ1) is 25.6. The van der Waals surface area contributed by atoms with E-state index in [2.05, 4.69) is 5.32 Å². The number of aliphatic carboxylic acids is 1. The fraction of sp³-hybridized carbons (Fsp3) is 0.250. The first-order valence-electron chi connectivity index (χ1n) is 11.9. The number of nitrogens with one attached hydrogen (secondary N) is 1. The van der Waals surface area contributed by atoms with Gasteiger partial charge in [0.2, 0.25) is 0 Å². The van der Waals surface area contributed by atoms with Crippen molar-refractivity contribution in [1.29, 1.82) is 0 Å². The average molecular weight is 505 g/mol. The van der Waals surface area contributed by atoms with Gasteiger partial charge in [0.25, 0.3) is 5.91 Å². The van der Waals surface area contributed by atoms with Crippen LogP contribution >= 0.6 is 0 Å². The molecule has 2 amide bonds. The zero-order chi connectivity index (χ0) is 26.4. The quantitative estimate of drug-likeness (QED) is 0.416. The molecule has 0 bridgehead atoms. The molecule has 1 fully saturated rings. The lowest BCUT2D eigenvalue weighted by Gasteiger charge is -2.19. The molecule has 1 heterocycles. The molecule has 0 saturated carbocycles. The summed E-state index contributed by atoms with van der Waals surface area (Å²) in [6, 6.07) is 19.3. The smallest absolute Gasteiger partial charge is 0.410 e. The van der Waals surface area contributed by atoms with Crippen LogP contribution in [0.15, 0.2) is 66.7 Å². The normalized spacial score (nSPS) is 14.7. The largest absolute Gasteiger partial charge is 0.493 e. The van der Waals surface area contributed by atoms with Gasteiger partial charge in [0.1, 0.15) is 11.9 Å². The van der Waals surface area contributed by atoms with Crippen molar-refractivity contribution < 1.29 is 33.7 Å². The molecule has 1 aliphatic rings. The van der Waals surface area contributed by atoms with Crippen LogP contribution in [0.2, 0.25) is 0 Å². The molecule has 1 saturated heterocycles. The van der Waals surface area contributed by atoms with Gasteiger partial charge in [-0.25, -0.2) is 4.79 Å². The minimum atomic E-state index is -0.969. The molecule has 0 aromatic heterocycles. The van der Waals surface area contributed by atoms with Crippen molar-refractivity contribution in [1.82, 2.24) is 10.2 Å². The molecule has 3 aromatic carbocycles. The number of carbonyl (C=O) groups is 3. The monoisotopic (exact) mass is 504 g/mol. The van der Waals surface area contributed by atoms with Gasteiger partial charge in [-0.1, -0.05) is 36.4 Å². The van der Waals surface area contributed by atoms with Gasteiger partial charge in [-0.15, -0.1) is 0 Å². The Labute approximate surface area is 214 Å². The highest BCUT2D eigenvalue weighted by Gasteiger charge is 2.33. The number of hydrogen-bond donors (Lipinski definition) is 2. The lowest BCUT2D eigenvalue weighted by molar-refractivity contribution is -0.136. The number of amides is 2. The fourth-order valence-corrected chi connectivity index (χ4v) is 4.09. The van der Waals surface area contributed by atoms with Crippen LogP contribution in [0, 0.1) is 0 Å². The van der Waals surface area contributed by atoms with Crippen molar-refractivity contribution in [3.8, 4) is 17.2 Å². The summed E-state index contributed by atoms with van der Waals surface area (Å²) in [4.78, 5) is 38.0. The molecule has 0 aliphatic carbocycles. The van der Waals surface area contributed by atoms with Crippen molar-refractivity contribution in [3.63, 3.8) is 0 Å². The van der Waals surface area contributed by atoms with E-state index in [9.17, 15) is 19.5 Å². The topological polar surface area (TPSA) is 114 Å². The second kappa shape index (κ2) is 11.5. The lowest BCUT2D eigenvalue weighted by Crippen LogP contribution is -2.25. The highest BCUT2D eigenvalue weighted by atomic mass is 16.6. The van der Waals surface area contributed by atoms with Gasteiger partial charge in [0, 0.05) is 17.7 Å². The Morgan fingerprint density at radius 1 is 1.05 bits per heavy atom.